The van der Waals surface area contributed by atoms with Gasteiger partial charge in [-0.2, -0.15) is 0 Å². The number of rotatable bonds is 3. The zero-order valence-electron chi connectivity index (χ0n) is 11.7. The quantitative estimate of drug-likeness (QED) is 0.629. The molecule has 0 radical (unpaired) electrons. The second-order valence-corrected chi connectivity index (χ2v) is 4.85. The van der Waals surface area contributed by atoms with Gasteiger partial charge in [0, 0.05) is 29.8 Å². The Morgan fingerprint density at radius 1 is 0.955 bits per heavy atom. The molecule has 22 heavy (non-hydrogen) atoms. The van der Waals surface area contributed by atoms with Gasteiger partial charge in [0.05, 0.1) is 18.2 Å². The lowest BCUT2D eigenvalue weighted by molar-refractivity contribution is 1.06. The first kappa shape index (κ1) is 12.5. The number of benzene rings is 1. The van der Waals surface area contributed by atoms with E-state index in [1.54, 1.807) is 24.9 Å². The maximum absolute atomic E-state index is 4.41. The van der Waals surface area contributed by atoms with Crippen LogP contribution in [0.2, 0.25) is 0 Å². The predicted molar refractivity (Wildman–Crippen MR) is 84.4 cm³/mol. The summed E-state index contributed by atoms with van der Waals surface area (Å²) in [5.74, 6) is 0.829. The molecule has 0 bridgehead atoms. The average Bonchev–Trinajstić information content (AvgIpc) is 3.27. The van der Waals surface area contributed by atoms with Gasteiger partial charge in [-0.05, 0) is 24.3 Å². The molecule has 5 nitrogen and oxygen atoms in total. The second kappa shape index (κ2) is 5.29. The maximum atomic E-state index is 4.41. The Bertz CT molecular complexity index is 878. The highest BCUT2D eigenvalue weighted by Gasteiger charge is 2.09. The summed E-state index contributed by atoms with van der Waals surface area (Å²) in [6.07, 6.45) is 8.94. The van der Waals surface area contributed by atoms with E-state index in [2.05, 4.69) is 32.1 Å². The van der Waals surface area contributed by atoms with Crippen LogP contribution in [0.4, 0.5) is 0 Å². The molecule has 3 heterocycles. The average molecular weight is 287 g/mol. The fraction of sp³-hybridized carbons (Fsp3) is 0. The first-order valence-corrected chi connectivity index (χ1v) is 6.96. The fourth-order valence-corrected chi connectivity index (χ4v) is 2.44. The molecule has 3 aromatic heterocycles. The lowest BCUT2D eigenvalue weighted by atomic mass is 10.1. The third-order valence-electron chi connectivity index (χ3n) is 3.46. The zero-order valence-corrected chi connectivity index (χ0v) is 11.7. The molecule has 5 heteroatoms. The molecule has 0 unspecified atom stereocenters. The number of nitrogens with zero attached hydrogens (tertiary/aromatic N) is 4. The molecular formula is C17H13N5. The Labute approximate surface area is 127 Å². The van der Waals surface area contributed by atoms with Crippen molar-refractivity contribution in [2.75, 3.05) is 0 Å². The van der Waals surface area contributed by atoms with Crippen molar-refractivity contribution in [1.82, 2.24) is 24.5 Å². The molecule has 0 aliphatic carbocycles. The molecule has 4 rings (SSSR count). The van der Waals surface area contributed by atoms with E-state index in [1.807, 2.05) is 41.1 Å². The van der Waals surface area contributed by atoms with Crippen molar-refractivity contribution in [3.63, 3.8) is 0 Å². The minimum Gasteiger partial charge on any atom is -0.342 e. The van der Waals surface area contributed by atoms with Crippen LogP contribution in [-0.2, 0) is 0 Å². The van der Waals surface area contributed by atoms with E-state index >= 15 is 0 Å². The Kier molecular flexibility index (Phi) is 3.01. The van der Waals surface area contributed by atoms with Crippen molar-refractivity contribution in [2.45, 2.75) is 0 Å². The van der Waals surface area contributed by atoms with E-state index in [1.165, 1.54) is 0 Å². The van der Waals surface area contributed by atoms with E-state index in [4.69, 9.17) is 0 Å². The normalized spacial score (nSPS) is 10.7. The summed E-state index contributed by atoms with van der Waals surface area (Å²) in [4.78, 5) is 16.0. The van der Waals surface area contributed by atoms with E-state index in [0.29, 0.717) is 0 Å². The summed E-state index contributed by atoms with van der Waals surface area (Å²) in [6.45, 7) is 0. The Balaban J connectivity index is 1.80. The summed E-state index contributed by atoms with van der Waals surface area (Å²) < 4.78 is 2.03. The van der Waals surface area contributed by atoms with E-state index in [9.17, 15) is 0 Å². The molecule has 0 spiro atoms. The maximum Gasteiger partial charge on any atom is 0.162 e. The minimum atomic E-state index is 0.829. The Hall–Kier alpha value is -3.21. The van der Waals surface area contributed by atoms with Crippen LogP contribution in [0.15, 0.2) is 73.6 Å². The lowest BCUT2D eigenvalue weighted by Gasteiger charge is -2.08. The predicted octanol–water partition coefficient (Wildman–Crippen LogP) is 3.32. The Morgan fingerprint density at radius 2 is 1.95 bits per heavy atom. The number of hydrogen-bond donors (Lipinski definition) is 1. The van der Waals surface area contributed by atoms with Gasteiger partial charge in [-0.3, -0.25) is 9.55 Å². The first-order chi connectivity index (χ1) is 10.9. The fourth-order valence-electron chi connectivity index (χ4n) is 2.44. The van der Waals surface area contributed by atoms with Gasteiger partial charge in [0.15, 0.2) is 5.82 Å². The summed E-state index contributed by atoms with van der Waals surface area (Å²) in [5, 5.41) is 0. The van der Waals surface area contributed by atoms with Gasteiger partial charge in [-0.1, -0.05) is 18.2 Å². The van der Waals surface area contributed by atoms with Crippen LogP contribution in [-0.4, -0.2) is 24.5 Å². The van der Waals surface area contributed by atoms with Crippen molar-refractivity contribution < 1.29 is 0 Å². The SMILES string of the molecule is c1ccc(-c2cccc(-n3ccnc3-c3cnc[nH]3)c2)nc1. The van der Waals surface area contributed by atoms with Gasteiger partial charge in [0.1, 0.15) is 5.69 Å². The van der Waals surface area contributed by atoms with Crippen LogP contribution in [0.5, 0.6) is 0 Å². The van der Waals surface area contributed by atoms with Crippen LogP contribution in [0.1, 0.15) is 0 Å². The molecule has 0 atom stereocenters. The summed E-state index contributed by atoms with van der Waals surface area (Å²) >= 11 is 0. The van der Waals surface area contributed by atoms with Gasteiger partial charge in [-0.25, -0.2) is 9.97 Å². The smallest absolute Gasteiger partial charge is 0.162 e. The topological polar surface area (TPSA) is 59.4 Å². The zero-order chi connectivity index (χ0) is 14.8. The number of aromatic nitrogens is 5. The summed E-state index contributed by atoms with van der Waals surface area (Å²) in [6, 6.07) is 14.1. The number of H-pyrrole nitrogens is 1. The molecule has 106 valence electrons. The van der Waals surface area contributed by atoms with Crippen LogP contribution in [0.3, 0.4) is 0 Å². The highest BCUT2D eigenvalue weighted by molar-refractivity contribution is 5.63. The number of pyridine rings is 1. The van der Waals surface area contributed by atoms with Gasteiger partial charge in [0.25, 0.3) is 0 Å². The van der Waals surface area contributed by atoms with Crippen LogP contribution in [0, 0.1) is 0 Å². The van der Waals surface area contributed by atoms with E-state index in [0.717, 1.165) is 28.5 Å². The van der Waals surface area contributed by atoms with E-state index in [-0.39, 0.29) is 0 Å². The van der Waals surface area contributed by atoms with Crippen molar-refractivity contribution >= 4 is 0 Å². The first-order valence-electron chi connectivity index (χ1n) is 6.96. The lowest BCUT2D eigenvalue weighted by Crippen LogP contribution is -1.97. The number of nitrogens with one attached hydrogen (secondary N) is 1. The summed E-state index contributed by atoms with van der Waals surface area (Å²) in [5.41, 5.74) is 3.94. The molecule has 4 aromatic rings. The minimum absolute atomic E-state index is 0.829. The molecule has 1 N–H and O–H groups in total. The highest BCUT2D eigenvalue weighted by Crippen LogP contribution is 2.23. The molecule has 0 aliphatic heterocycles. The van der Waals surface area contributed by atoms with Crippen LogP contribution in [0.25, 0.3) is 28.5 Å². The van der Waals surface area contributed by atoms with Gasteiger partial charge in [0.2, 0.25) is 0 Å². The van der Waals surface area contributed by atoms with Crippen molar-refractivity contribution in [3.05, 3.63) is 73.6 Å². The monoisotopic (exact) mass is 287 g/mol. The van der Waals surface area contributed by atoms with Gasteiger partial charge >= 0.3 is 0 Å². The third kappa shape index (κ3) is 2.18. The highest BCUT2D eigenvalue weighted by atomic mass is 15.1. The second-order valence-electron chi connectivity index (χ2n) is 4.85. The van der Waals surface area contributed by atoms with Gasteiger partial charge < -0.3 is 4.98 Å². The number of imidazole rings is 2. The van der Waals surface area contributed by atoms with Crippen LogP contribution < -0.4 is 0 Å². The molecule has 0 aliphatic rings. The molecule has 0 fully saturated rings. The van der Waals surface area contributed by atoms with Crippen molar-refractivity contribution in [2.24, 2.45) is 0 Å². The van der Waals surface area contributed by atoms with E-state index < -0.39 is 0 Å². The Morgan fingerprint density at radius 3 is 2.77 bits per heavy atom. The molecule has 1 aromatic carbocycles. The summed E-state index contributed by atoms with van der Waals surface area (Å²) in [7, 11) is 0. The van der Waals surface area contributed by atoms with Crippen molar-refractivity contribution in [3.8, 4) is 28.5 Å². The van der Waals surface area contributed by atoms with Crippen molar-refractivity contribution in [1.29, 1.82) is 0 Å². The standard InChI is InChI=1S/C17H13N5/c1-2-7-19-15(6-1)13-4-3-5-14(10-13)22-9-8-20-17(22)16-11-18-12-21-16/h1-12H,(H,18,21). The van der Waals surface area contributed by atoms with Crippen LogP contribution >= 0.6 is 0 Å². The number of hydrogen-bond acceptors (Lipinski definition) is 3. The third-order valence-corrected chi connectivity index (χ3v) is 3.46. The van der Waals surface area contributed by atoms with Gasteiger partial charge in [-0.15, -0.1) is 0 Å². The molecule has 0 amide bonds. The number of aromatic amines is 1. The largest absolute Gasteiger partial charge is 0.342 e. The molecule has 0 saturated heterocycles. The molecule has 0 saturated carbocycles. The molecular weight excluding hydrogens is 274 g/mol.